The van der Waals surface area contributed by atoms with Crippen molar-refractivity contribution in [1.29, 1.82) is 0 Å². The van der Waals surface area contributed by atoms with E-state index in [1.807, 2.05) is 4.90 Å². The van der Waals surface area contributed by atoms with Crippen LogP contribution in [0.5, 0.6) is 0 Å². The van der Waals surface area contributed by atoms with Crippen molar-refractivity contribution < 1.29 is 14.7 Å². The first-order valence-corrected chi connectivity index (χ1v) is 6.15. The summed E-state index contributed by atoms with van der Waals surface area (Å²) in [5, 5.41) is 16.4. The molecule has 1 aromatic rings. The van der Waals surface area contributed by atoms with Gasteiger partial charge in [-0.3, -0.25) is 4.79 Å². The van der Waals surface area contributed by atoms with Crippen molar-refractivity contribution in [2.75, 3.05) is 31.1 Å². The molecule has 0 aliphatic carbocycles. The minimum atomic E-state index is -1.09. The lowest BCUT2D eigenvalue weighted by molar-refractivity contribution is -0.128. The second-order valence-corrected chi connectivity index (χ2v) is 4.43. The summed E-state index contributed by atoms with van der Waals surface area (Å²) >= 11 is 0. The highest BCUT2D eigenvalue weighted by atomic mass is 16.4. The smallest absolute Gasteiger partial charge is 0.356 e. The van der Waals surface area contributed by atoms with Crippen LogP contribution in [0.25, 0.3) is 0 Å². The lowest BCUT2D eigenvalue weighted by atomic mass is 10.3. The number of hydrogen-bond donors (Lipinski definition) is 1. The molecule has 1 saturated heterocycles. The summed E-state index contributed by atoms with van der Waals surface area (Å²) in [4.78, 5) is 25.8. The Kier molecular flexibility index (Phi) is 3.94. The molecule has 0 radical (unpaired) electrons. The van der Waals surface area contributed by atoms with E-state index >= 15 is 0 Å². The fourth-order valence-corrected chi connectivity index (χ4v) is 2.07. The highest BCUT2D eigenvalue weighted by Gasteiger charge is 2.18. The van der Waals surface area contributed by atoms with Gasteiger partial charge in [-0.2, -0.15) is 0 Å². The van der Waals surface area contributed by atoms with E-state index in [-0.39, 0.29) is 11.6 Å². The summed E-state index contributed by atoms with van der Waals surface area (Å²) in [7, 11) is 0. The number of anilines is 1. The predicted octanol–water partition coefficient (Wildman–Crippen LogP) is 0.233. The lowest BCUT2D eigenvalue weighted by Crippen LogP contribution is -2.34. The Hall–Kier alpha value is -2.18. The number of amides is 1. The molecule has 7 heteroatoms. The van der Waals surface area contributed by atoms with E-state index in [9.17, 15) is 9.59 Å². The van der Waals surface area contributed by atoms with E-state index in [1.165, 1.54) is 6.07 Å². The Balaban J connectivity index is 2.05. The van der Waals surface area contributed by atoms with Crippen molar-refractivity contribution in [3.8, 4) is 0 Å². The molecule has 2 heterocycles. The maximum atomic E-state index is 11.3. The third-order valence-corrected chi connectivity index (χ3v) is 3.13. The summed E-state index contributed by atoms with van der Waals surface area (Å²) in [6.07, 6.45) is 0.863. The average Bonchev–Trinajstić information content (AvgIpc) is 2.64. The number of carboxylic acid groups (broad SMARTS) is 1. The van der Waals surface area contributed by atoms with Gasteiger partial charge < -0.3 is 14.9 Å². The van der Waals surface area contributed by atoms with E-state index in [2.05, 4.69) is 10.2 Å². The zero-order chi connectivity index (χ0) is 13.8. The van der Waals surface area contributed by atoms with E-state index in [0.717, 1.165) is 19.5 Å². The third kappa shape index (κ3) is 3.18. The minimum absolute atomic E-state index is 0.0658. The number of hydrogen-bond acceptors (Lipinski definition) is 5. The molecule has 0 aromatic carbocycles. The zero-order valence-corrected chi connectivity index (χ0v) is 10.7. The van der Waals surface area contributed by atoms with Crippen molar-refractivity contribution in [3.05, 3.63) is 17.8 Å². The largest absolute Gasteiger partial charge is 0.476 e. The topological polar surface area (TPSA) is 86.6 Å². The first-order valence-electron chi connectivity index (χ1n) is 6.15. The molecule has 1 aliphatic rings. The van der Waals surface area contributed by atoms with Crippen LogP contribution < -0.4 is 4.90 Å². The molecule has 1 aliphatic heterocycles. The molecule has 0 saturated carbocycles. The maximum absolute atomic E-state index is 11.3. The highest BCUT2D eigenvalue weighted by Crippen LogP contribution is 2.13. The normalized spacial score (nSPS) is 16.1. The molecular weight excluding hydrogens is 248 g/mol. The number of carbonyl (C=O) groups is 2. The van der Waals surface area contributed by atoms with Crippen LogP contribution in [-0.2, 0) is 4.79 Å². The van der Waals surface area contributed by atoms with Crippen LogP contribution >= 0.6 is 0 Å². The first kappa shape index (κ1) is 13.3. The number of aromatic nitrogens is 2. The van der Waals surface area contributed by atoms with E-state index in [0.29, 0.717) is 18.9 Å². The number of rotatable bonds is 2. The van der Waals surface area contributed by atoms with Crippen LogP contribution in [-0.4, -0.2) is 58.3 Å². The molecular formula is C12H16N4O3. The summed E-state index contributed by atoms with van der Waals surface area (Å²) < 4.78 is 0. The highest BCUT2D eigenvalue weighted by molar-refractivity contribution is 5.85. The van der Waals surface area contributed by atoms with Gasteiger partial charge in [-0.15, -0.1) is 10.2 Å². The van der Waals surface area contributed by atoms with Gasteiger partial charge in [0.2, 0.25) is 5.91 Å². The molecule has 1 fully saturated rings. The van der Waals surface area contributed by atoms with Crippen LogP contribution in [0, 0.1) is 0 Å². The minimum Gasteiger partial charge on any atom is -0.476 e. The Labute approximate surface area is 110 Å². The van der Waals surface area contributed by atoms with Gasteiger partial charge in [0.15, 0.2) is 11.5 Å². The van der Waals surface area contributed by atoms with Gasteiger partial charge >= 0.3 is 5.97 Å². The molecule has 1 aromatic heterocycles. The fourth-order valence-electron chi connectivity index (χ4n) is 2.07. The van der Waals surface area contributed by atoms with Gasteiger partial charge in [-0.25, -0.2) is 4.79 Å². The van der Waals surface area contributed by atoms with Crippen molar-refractivity contribution in [3.63, 3.8) is 0 Å². The molecule has 2 rings (SSSR count). The van der Waals surface area contributed by atoms with Gasteiger partial charge in [0, 0.05) is 33.1 Å². The number of nitrogens with zero attached hydrogens (tertiary/aromatic N) is 4. The molecule has 7 nitrogen and oxygen atoms in total. The summed E-state index contributed by atoms with van der Waals surface area (Å²) in [6, 6.07) is 3.10. The van der Waals surface area contributed by atoms with Crippen molar-refractivity contribution in [1.82, 2.24) is 15.1 Å². The SMILES string of the molecule is CC(=O)N1CCCN(c2ccc(C(=O)O)nn2)CC1. The Bertz CT molecular complexity index is 474. The molecule has 0 bridgehead atoms. The number of aromatic carboxylic acids is 1. The first-order chi connectivity index (χ1) is 9.08. The second kappa shape index (κ2) is 5.64. The summed E-state index contributed by atoms with van der Waals surface area (Å²) in [6.45, 7) is 4.42. The van der Waals surface area contributed by atoms with Crippen molar-refractivity contribution in [2.45, 2.75) is 13.3 Å². The van der Waals surface area contributed by atoms with E-state index < -0.39 is 5.97 Å². The van der Waals surface area contributed by atoms with Gasteiger partial charge in [-0.05, 0) is 18.6 Å². The zero-order valence-electron chi connectivity index (χ0n) is 10.7. The van der Waals surface area contributed by atoms with Crippen molar-refractivity contribution in [2.24, 2.45) is 0 Å². The monoisotopic (exact) mass is 264 g/mol. The second-order valence-electron chi connectivity index (χ2n) is 4.43. The molecule has 0 spiro atoms. The van der Waals surface area contributed by atoms with Crippen LogP contribution in [0.3, 0.4) is 0 Å². The average molecular weight is 264 g/mol. The molecule has 0 atom stereocenters. The number of carboxylic acids is 1. The molecule has 0 unspecified atom stereocenters. The quantitative estimate of drug-likeness (QED) is 0.823. The molecule has 102 valence electrons. The summed E-state index contributed by atoms with van der Waals surface area (Å²) in [5.41, 5.74) is -0.0658. The Morgan fingerprint density at radius 2 is 1.95 bits per heavy atom. The van der Waals surface area contributed by atoms with E-state index in [4.69, 9.17) is 5.11 Å². The Morgan fingerprint density at radius 1 is 1.16 bits per heavy atom. The summed E-state index contributed by atoms with van der Waals surface area (Å²) in [5.74, 6) is -0.359. The molecule has 1 amide bonds. The van der Waals surface area contributed by atoms with Gasteiger partial charge in [-0.1, -0.05) is 0 Å². The molecule has 1 N–H and O–H groups in total. The molecule has 19 heavy (non-hydrogen) atoms. The predicted molar refractivity (Wildman–Crippen MR) is 68.1 cm³/mol. The maximum Gasteiger partial charge on any atom is 0.356 e. The van der Waals surface area contributed by atoms with Crippen LogP contribution in [0.4, 0.5) is 5.82 Å². The number of carbonyl (C=O) groups excluding carboxylic acids is 1. The van der Waals surface area contributed by atoms with Gasteiger partial charge in [0.25, 0.3) is 0 Å². The van der Waals surface area contributed by atoms with Gasteiger partial charge in [0.05, 0.1) is 0 Å². The standard InChI is InChI=1S/C12H16N4O3/c1-9(17)15-5-2-6-16(8-7-15)11-4-3-10(12(18)19)13-14-11/h3-4H,2,5-8H2,1H3,(H,18,19). The van der Waals surface area contributed by atoms with Gasteiger partial charge in [0.1, 0.15) is 0 Å². The van der Waals surface area contributed by atoms with Crippen molar-refractivity contribution >= 4 is 17.7 Å². The Morgan fingerprint density at radius 3 is 2.53 bits per heavy atom. The van der Waals surface area contributed by atoms with E-state index in [1.54, 1.807) is 17.9 Å². The van der Waals surface area contributed by atoms with Crippen LogP contribution in [0.1, 0.15) is 23.8 Å². The fraction of sp³-hybridized carbons (Fsp3) is 0.500. The van der Waals surface area contributed by atoms with Crippen LogP contribution in [0.2, 0.25) is 0 Å². The van der Waals surface area contributed by atoms with Crippen LogP contribution in [0.15, 0.2) is 12.1 Å². The lowest BCUT2D eigenvalue weighted by Gasteiger charge is -2.21. The third-order valence-electron chi connectivity index (χ3n) is 3.13.